The molecular weight excluding hydrogens is 364 g/mol. The van der Waals surface area contributed by atoms with Gasteiger partial charge in [0, 0.05) is 5.54 Å². The molecule has 1 unspecified atom stereocenters. The number of anilines is 1. The predicted octanol–water partition coefficient (Wildman–Crippen LogP) is 3.57. The second-order valence-corrected chi connectivity index (χ2v) is 10.6. The van der Waals surface area contributed by atoms with Crippen LogP contribution in [0.1, 0.15) is 54.9 Å². The summed E-state index contributed by atoms with van der Waals surface area (Å²) in [5.74, 6) is 0.321. The van der Waals surface area contributed by atoms with Crippen molar-refractivity contribution < 1.29 is 17.9 Å². The normalized spacial score (nSPS) is 13.8. The van der Waals surface area contributed by atoms with Crippen molar-refractivity contribution in [2.24, 2.45) is 5.41 Å². The lowest BCUT2D eigenvalue weighted by atomic mass is 9.81. The summed E-state index contributed by atoms with van der Waals surface area (Å²) in [4.78, 5) is 12.8. The summed E-state index contributed by atoms with van der Waals surface area (Å²) in [7, 11) is -3.65. The van der Waals surface area contributed by atoms with E-state index in [0.29, 0.717) is 18.0 Å². The quantitative estimate of drug-likeness (QED) is 0.726. The fourth-order valence-electron chi connectivity index (χ4n) is 3.47. The van der Waals surface area contributed by atoms with Gasteiger partial charge in [-0.05, 0) is 63.8 Å². The minimum atomic E-state index is -3.65. The molecule has 0 heterocycles. The molecule has 1 aromatic carbocycles. The van der Waals surface area contributed by atoms with Crippen LogP contribution in [-0.2, 0) is 14.8 Å². The van der Waals surface area contributed by atoms with Gasteiger partial charge in [-0.2, -0.15) is 0 Å². The van der Waals surface area contributed by atoms with Crippen molar-refractivity contribution in [1.82, 2.24) is 5.32 Å². The number of sulfonamides is 1. The van der Waals surface area contributed by atoms with Crippen molar-refractivity contribution >= 4 is 21.6 Å². The number of benzene rings is 1. The van der Waals surface area contributed by atoms with Crippen molar-refractivity contribution in [3.63, 3.8) is 0 Å². The van der Waals surface area contributed by atoms with Crippen LogP contribution < -0.4 is 14.4 Å². The van der Waals surface area contributed by atoms with Gasteiger partial charge in [0.15, 0.2) is 0 Å². The molecule has 0 aliphatic heterocycles. The molecule has 0 aromatic heterocycles. The third kappa shape index (κ3) is 7.40. The van der Waals surface area contributed by atoms with Crippen LogP contribution in [0.25, 0.3) is 0 Å². The van der Waals surface area contributed by atoms with E-state index in [2.05, 4.69) is 26.1 Å². The summed E-state index contributed by atoms with van der Waals surface area (Å²) >= 11 is 0. The first-order chi connectivity index (χ1) is 12.2. The van der Waals surface area contributed by atoms with E-state index >= 15 is 0 Å². The molecule has 27 heavy (non-hydrogen) atoms. The molecule has 0 saturated heterocycles. The van der Waals surface area contributed by atoms with Gasteiger partial charge in [0.1, 0.15) is 11.8 Å². The number of rotatable bonds is 8. The number of carbonyl (C=O) groups is 1. The smallest absolute Gasteiger partial charge is 0.244 e. The van der Waals surface area contributed by atoms with Gasteiger partial charge < -0.3 is 10.1 Å². The van der Waals surface area contributed by atoms with Gasteiger partial charge >= 0.3 is 0 Å². The van der Waals surface area contributed by atoms with Gasteiger partial charge in [0.05, 0.1) is 18.6 Å². The summed E-state index contributed by atoms with van der Waals surface area (Å²) in [6, 6.07) is 5.82. The lowest BCUT2D eigenvalue weighted by Crippen LogP contribution is -2.54. The van der Waals surface area contributed by atoms with Crippen molar-refractivity contribution in [2.75, 3.05) is 17.2 Å². The number of ether oxygens (including phenoxy) is 1. The topological polar surface area (TPSA) is 75.7 Å². The van der Waals surface area contributed by atoms with Crippen molar-refractivity contribution in [1.29, 1.82) is 0 Å². The fourth-order valence-corrected chi connectivity index (χ4v) is 4.65. The standard InChI is InChI=1S/C20H34N2O4S/c1-9-26-17-12-10-16(11-13-17)22(27(8,24)25)15(2)18(23)21-20(6,7)14-19(3,4)5/h10-13,15H,9,14H2,1-8H3,(H,21,23). The number of carbonyl (C=O) groups excluding carboxylic acids is 1. The third-order valence-electron chi connectivity index (χ3n) is 3.92. The molecule has 0 bridgehead atoms. The molecule has 0 fully saturated rings. The summed E-state index contributed by atoms with van der Waals surface area (Å²) < 4.78 is 31.3. The van der Waals surface area contributed by atoms with Crippen LogP contribution in [0.4, 0.5) is 5.69 Å². The van der Waals surface area contributed by atoms with Crippen LogP contribution in [0.2, 0.25) is 0 Å². The van der Waals surface area contributed by atoms with Crippen LogP contribution in [-0.4, -0.2) is 38.8 Å². The molecule has 1 amide bonds. The Balaban J connectivity index is 3.08. The highest BCUT2D eigenvalue weighted by Crippen LogP contribution is 2.28. The summed E-state index contributed by atoms with van der Waals surface area (Å²) in [5, 5.41) is 3.00. The molecule has 0 spiro atoms. The Labute approximate surface area is 164 Å². The van der Waals surface area contributed by atoms with Gasteiger partial charge in [0.2, 0.25) is 15.9 Å². The van der Waals surface area contributed by atoms with Crippen LogP contribution in [0, 0.1) is 5.41 Å². The molecule has 0 aliphatic carbocycles. The molecule has 0 radical (unpaired) electrons. The van der Waals surface area contributed by atoms with Gasteiger partial charge in [-0.25, -0.2) is 8.42 Å². The highest BCUT2D eigenvalue weighted by molar-refractivity contribution is 7.92. The summed E-state index contributed by atoms with van der Waals surface area (Å²) in [5.41, 5.74) is 0.00858. The molecule has 154 valence electrons. The Morgan fingerprint density at radius 3 is 2.07 bits per heavy atom. The highest BCUT2D eigenvalue weighted by Gasteiger charge is 2.33. The lowest BCUT2D eigenvalue weighted by molar-refractivity contribution is -0.123. The second kappa shape index (κ2) is 8.50. The average Bonchev–Trinajstić information content (AvgIpc) is 2.44. The Bertz CT molecular complexity index is 734. The maximum absolute atomic E-state index is 12.8. The van der Waals surface area contributed by atoms with E-state index in [4.69, 9.17) is 4.74 Å². The van der Waals surface area contributed by atoms with Crippen LogP contribution in [0.3, 0.4) is 0 Å². The predicted molar refractivity (Wildman–Crippen MR) is 111 cm³/mol. The van der Waals surface area contributed by atoms with E-state index < -0.39 is 21.6 Å². The van der Waals surface area contributed by atoms with E-state index in [1.165, 1.54) is 0 Å². The SMILES string of the molecule is CCOc1ccc(N(C(C)C(=O)NC(C)(C)CC(C)(C)C)S(C)(=O)=O)cc1. The van der Waals surface area contributed by atoms with E-state index in [1.807, 2.05) is 20.8 Å². The van der Waals surface area contributed by atoms with Gasteiger partial charge in [-0.3, -0.25) is 9.10 Å². The zero-order valence-corrected chi connectivity index (χ0v) is 18.6. The van der Waals surface area contributed by atoms with Crippen molar-refractivity contribution in [3.8, 4) is 5.75 Å². The number of hydrogen-bond donors (Lipinski definition) is 1. The Morgan fingerprint density at radius 1 is 1.15 bits per heavy atom. The monoisotopic (exact) mass is 398 g/mol. The Hall–Kier alpha value is -1.76. The molecule has 7 heteroatoms. The number of nitrogens with zero attached hydrogens (tertiary/aromatic N) is 1. The van der Waals surface area contributed by atoms with Crippen molar-refractivity contribution in [3.05, 3.63) is 24.3 Å². The molecule has 1 rings (SSSR count). The minimum Gasteiger partial charge on any atom is -0.494 e. The molecule has 1 atom stereocenters. The van der Waals surface area contributed by atoms with Gasteiger partial charge in [-0.1, -0.05) is 20.8 Å². The van der Waals surface area contributed by atoms with Crippen molar-refractivity contribution in [2.45, 2.75) is 66.5 Å². The third-order valence-corrected chi connectivity index (χ3v) is 5.17. The van der Waals surface area contributed by atoms with Crippen LogP contribution >= 0.6 is 0 Å². The average molecular weight is 399 g/mol. The molecular formula is C20H34N2O4S. The second-order valence-electron chi connectivity index (χ2n) is 8.77. The fraction of sp³-hybridized carbons (Fsp3) is 0.650. The zero-order chi connectivity index (χ0) is 21.0. The Morgan fingerprint density at radius 2 is 1.67 bits per heavy atom. The number of amides is 1. The first kappa shape index (κ1) is 23.3. The summed E-state index contributed by atoms with van der Waals surface area (Å²) in [6.45, 7) is 14.2. The van der Waals surface area contributed by atoms with E-state index in [-0.39, 0.29) is 11.3 Å². The minimum absolute atomic E-state index is 0.0334. The van der Waals surface area contributed by atoms with E-state index in [1.54, 1.807) is 31.2 Å². The highest BCUT2D eigenvalue weighted by atomic mass is 32.2. The maximum atomic E-state index is 12.8. The van der Waals surface area contributed by atoms with Crippen LogP contribution in [0.15, 0.2) is 24.3 Å². The summed E-state index contributed by atoms with van der Waals surface area (Å²) in [6.07, 6.45) is 1.87. The molecule has 0 saturated carbocycles. The molecule has 1 aromatic rings. The van der Waals surface area contributed by atoms with Gasteiger partial charge in [-0.15, -0.1) is 0 Å². The van der Waals surface area contributed by atoms with E-state index in [9.17, 15) is 13.2 Å². The Kier molecular flexibility index (Phi) is 7.33. The number of hydrogen-bond acceptors (Lipinski definition) is 4. The van der Waals surface area contributed by atoms with Crippen LogP contribution in [0.5, 0.6) is 5.75 Å². The molecule has 6 nitrogen and oxygen atoms in total. The maximum Gasteiger partial charge on any atom is 0.244 e. The first-order valence-corrected chi connectivity index (χ1v) is 11.1. The molecule has 1 N–H and O–H groups in total. The zero-order valence-electron chi connectivity index (χ0n) is 17.8. The molecule has 0 aliphatic rings. The van der Waals surface area contributed by atoms with E-state index in [0.717, 1.165) is 17.0 Å². The first-order valence-electron chi connectivity index (χ1n) is 9.20. The lowest BCUT2D eigenvalue weighted by Gasteiger charge is -2.36. The largest absolute Gasteiger partial charge is 0.494 e. The number of nitrogens with one attached hydrogen (secondary N) is 1. The van der Waals surface area contributed by atoms with Gasteiger partial charge in [0.25, 0.3) is 0 Å².